The largest absolute Gasteiger partial charge is 0.380 e. The number of carbonyl (C=O) groups excluding carboxylic acids is 2. The average Bonchev–Trinajstić information content (AvgIpc) is 3.40. The summed E-state index contributed by atoms with van der Waals surface area (Å²) in [5, 5.41) is 24.7. The van der Waals surface area contributed by atoms with Crippen molar-refractivity contribution in [2.45, 2.75) is 39.5 Å². The van der Waals surface area contributed by atoms with Gasteiger partial charge in [0.05, 0.1) is 22.2 Å². The molecule has 2 aromatic heterocycles. The number of nitro benzene ring substituents is 1. The van der Waals surface area contributed by atoms with Gasteiger partial charge in [-0.05, 0) is 43.2 Å². The second kappa shape index (κ2) is 13.1. The second-order valence-electron chi connectivity index (χ2n) is 10.6. The smallest absolute Gasteiger partial charge is 0.294 e. The summed E-state index contributed by atoms with van der Waals surface area (Å²) < 4.78 is 6.35. The maximum Gasteiger partial charge on any atom is 0.294 e. The van der Waals surface area contributed by atoms with E-state index < -0.39 is 28.8 Å². The van der Waals surface area contributed by atoms with E-state index in [1.165, 1.54) is 18.3 Å². The number of nitrogens with zero attached hydrogens (tertiary/aromatic N) is 4. The number of nitro groups is 1. The molecule has 2 amide bonds. The van der Waals surface area contributed by atoms with Gasteiger partial charge >= 0.3 is 0 Å². The number of carbonyl (C=O) groups is 2. The van der Waals surface area contributed by atoms with Gasteiger partial charge in [0.15, 0.2) is 17.2 Å². The van der Waals surface area contributed by atoms with Crippen LogP contribution in [-0.2, 0) is 24.4 Å². The number of amides is 2. The Morgan fingerprint density at radius 2 is 1.78 bits per heavy atom. The molecule has 0 atom stereocenters. The molecule has 5 aromatic rings. The van der Waals surface area contributed by atoms with Gasteiger partial charge in [-0.2, -0.15) is 0 Å². The number of non-ortho nitro benzene ring substituents is 1. The number of nitrogens with two attached hydrogens (primary N) is 1. The van der Waals surface area contributed by atoms with E-state index in [2.05, 4.69) is 26.1 Å². The van der Waals surface area contributed by atoms with Gasteiger partial charge in [-0.1, -0.05) is 41.6 Å². The highest BCUT2D eigenvalue weighted by Gasteiger charge is 2.21. The topological polar surface area (TPSA) is 200 Å². The molecule has 45 heavy (non-hydrogen) atoms. The third kappa shape index (κ3) is 7.13. The summed E-state index contributed by atoms with van der Waals surface area (Å²) in [7, 11) is 0. The number of nitrogens with one attached hydrogen (secondary N) is 3. The molecular weight excluding hydrogens is 580 g/mol. The summed E-state index contributed by atoms with van der Waals surface area (Å²) in [5.41, 5.74) is 7.09. The Labute approximate surface area is 256 Å². The van der Waals surface area contributed by atoms with Gasteiger partial charge in [0.25, 0.3) is 17.2 Å². The van der Waals surface area contributed by atoms with Crippen LogP contribution >= 0.6 is 0 Å². The number of rotatable bonds is 11. The minimum atomic E-state index is -0.631. The van der Waals surface area contributed by atoms with Crippen LogP contribution in [0.2, 0.25) is 0 Å². The maximum atomic E-state index is 13.6. The number of hydrogen-bond acceptors (Lipinski definition) is 10. The number of fused-ring (bicyclic) bond motifs is 1. The molecule has 5 N–H and O–H groups in total. The van der Waals surface area contributed by atoms with Crippen molar-refractivity contribution in [2.75, 3.05) is 11.1 Å². The van der Waals surface area contributed by atoms with Gasteiger partial charge in [-0.15, -0.1) is 0 Å². The van der Waals surface area contributed by atoms with E-state index in [9.17, 15) is 24.5 Å². The van der Waals surface area contributed by atoms with E-state index in [-0.39, 0.29) is 53.3 Å². The Balaban J connectivity index is 1.45. The molecule has 5 rings (SSSR count). The third-order valence-electron chi connectivity index (χ3n) is 6.82. The van der Waals surface area contributed by atoms with Gasteiger partial charge in [0.1, 0.15) is 6.54 Å². The van der Waals surface area contributed by atoms with Crippen molar-refractivity contribution in [3.63, 3.8) is 0 Å². The Morgan fingerprint density at radius 1 is 1.02 bits per heavy atom. The predicted molar refractivity (Wildman–Crippen MR) is 167 cm³/mol. The average molecular weight is 611 g/mol. The zero-order chi connectivity index (χ0) is 32.1. The van der Waals surface area contributed by atoms with E-state index in [0.29, 0.717) is 16.5 Å². The van der Waals surface area contributed by atoms with Crippen molar-refractivity contribution in [1.82, 2.24) is 25.3 Å². The number of benzene rings is 3. The number of hydrogen-bond donors (Lipinski definition) is 4. The molecule has 0 aliphatic rings. The first-order chi connectivity index (χ1) is 21.6. The standard InChI is InChI=1S/C31H30N8O6/c1-18(2)36-29-31(42)38(17-27(40)33-15-20-8-9-24-26(10-20)45-37-28(24)32)25(16-34-29)21-11-22(13-23(12-21)39(43)44)30(41)35-14-19-6-4-3-5-7-19/h3-13,16,18H,14-15,17H2,1-2H3,(H2,32,37)(H,33,40)(H,34,36)(H,35,41). The van der Waals surface area contributed by atoms with Gasteiger partial charge < -0.3 is 26.2 Å². The van der Waals surface area contributed by atoms with Crippen LogP contribution < -0.4 is 27.2 Å². The molecular formula is C31H30N8O6. The second-order valence-corrected chi connectivity index (χ2v) is 10.6. The highest BCUT2D eigenvalue weighted by Crippen LogP contribution is 2.26. The van der Waals surface area contributed by atoms with Gasteiger partial charge in [0, 0.05) is 42.4 Å². The lowest BCUT2D eigenvalue weighted by Crippen LogP contribution is -2.35. The van der Waals surface area contributed by atoms with Gasteiger partial charge in [-0.25, -0.2) is 4.98 Å². The summed E-state index contributed by atoms with van der Waals surface area (Å²) in [6.07, 6.45) is 1.34. The van der Waals surface area contributed by atoms with Crippen LogP contribution in [0.3, 0.4) is 0 Å². The first kappa shape index (κ1) is 30.4. The van der Waals surface area contributed by atoms with E-state index >= 15 is 0 Å². The van der Waals surface area contributed by atoms with Crippen molar-refractivity contribution in [1.29, 1.82) is 0 Å². The van der Waals surface area contributed by atoms with Gasteiger partial charge in [0.2, 0.25) is 5.91 Å². The van der Waals surface area contributed by atoms with Crippen LogP contribution in [0.1, 0.15) is 35.3 Å². The fourth-order valence-electron chi connectivity index (χ4n) is 4.63. The molecule has 0 fully saturated rings. The summed E-state index contributed by atoms with van der Waals surface area (Å²) in [5.74, 6) is -0.800. The van der Waals surface area contributed by atoms with Crippen LogP contribution in [0, 0.1) is 10.1 Å². The maximum absolute atomic E-state index is 13.6. The summed E-state index contributed by atoms with van der Waals surface area (Å²) in [6, 6.07) is 18.0. The third-order valence-corrected chi connectivity index (χ3v) is 6.82. The molecule has 0 saturated carbocycles. The molecule has 14 nitrogen and oxygen atoms in total. The fourth-order valence-corrected chi connectivity index (χ4v) is 4.63. The van der Waals surface area contributed by atoms with Crippen molar-refractivity contribution >= 4 is 40.1 Å². The highest BCUT2D eigenvalue weighted by atomic mass is 16.6. The minimum absolute atomic E-state index is 0.00108. The lowest BCUT2D eigenvalue weighted by atomic mass is 10.1. The van der Waals surface area contributed by atoms with Crippen molar-refractivity contribution < 1.29 is 19.0 Å². The first-order valence-electron chi connectivity index (χ1n) is 14.0. The molecule has 2 heterocycles. The van der Waals surface area contributed by atoms with Crippen molar-refractivity contribution in [2.24, 2.45) is 0 Å². The SMILES string of the molecule is CC(C)Nc1ncc(-c2cc(C(=O)NCc3ccccc3)cc([N+](=O)[O-])c2)n(CC(=O)NCc2ccc3c(N)noc3c2)c1=O. The first-order valence-corrected chi connectivity index (χ1v) is 14.0. The molecule has 0 aliphatic heterocycles. The Kier molecular flexibility index (Phi) is 8.84. The quantitative estimate of drug-likeness (QED) is 0.126. The molecule has 0 radical (unpaired) electrons. The molecule has 0 bridgehead atoms. The molecule has 14 heteroatoms. The molecule has 0 unspecified atom stereocenters. The Bertz CT molecular complexity index is 1950. The van der Waals surface area contributed by atoms with E-state index in [4.69, 9.17) is 10.3 Å². The molecule has 3 aromatic carbocycles. The zero-order valence-electron chi connectivity index (χ0n) is 24.4. The van der Waals surface area contributed by atoms with Crippen molar-refractivity contribution in [3.8, 4) is 11.3 Å². The minimum Gasteiger partial charge on any atom is -0.380 e. The molecule has 0 spiro atoms. The summed E-state index contributed by atoms with van der Waals surface area (Å²) in [6.45, 7) is 3.54. The lowest BCUT2D eigenvalue weighted by Gasteiger charge is -2.16. The zero-order valence-corrected chi connectivity index (χ0v) is 24.4. The number of anilines is 2. The Morgan fingerprint density at radius 3 is 2.51 bits per heavy atom. The van der Waals surface area contributed by atoms with Crippen LogP contribution in [0.5, 0.6) is 0 Å². The molecule has 0 saturated heterocycles. The van der Waals surface area contributed by atoms with E-state index in [0.717, 1.165) is 16.2 Å². The molecule has 230 valence electrons. The van der Waals surface area contributed by atoms with Crippen LogP contribution in [0.25, 0.3) is 22.2 Å². The Hall–Kier alpha value is -6.05. The van der Waals surface area contributed by atoms with Crippen LogP contribution in [0.15, 0.2) is 82.2 Å². The number of aromatic nitrogens is 3. The normalized spacial score (nSPS) is 11.0. The predicted octanol–water partition coefficient (Wildman–Crippen LogP) is 3.61. The van der Waals surface area contributed by atoms with Crippen LogP contribution in [0.4, 0.5) is 17.3 Å². The van der Waals surface area contributed by atoms with Crippen LogP contribution in [-0.4, -0.2) is 37.5 Å². The lowest BCUT2D eigenvalue weighted by molar-refractivity contribution is -0.384. The fraction of sp³-hybridized carbons (Fsp3) is 0.194. The van der Waals surface area contributed by atoms with E-state index in [1.54, 1.807) is 18.2 Å². The molecule has 0 aliphatic carbocycles. The highest BCUT2D eigenvalue weighted by molar-refractivity contribution is 5.96. The summed E-state index contributed by atoms with van der Waals surface area (Å²) in [4.78, 5) is 55.2. The monoisotopic (exact) mass is 610 g/mol. The van der Waals surface area contributed by atoms with E-state index in [1.807, 2.05) is 44.2 Å². The summed E-state index contributed by atoms with van der Waals surface area (Å²) >= 11 is 0. The number of nitrogen functional groups attached to an aromatic ring is 1. The van der Waals surface area contributed by atoms with Gasteiger partial charge in [-0.3, -0.25) is 29.1 Å². The van der Waals surface area contributed by atoms with Crippen molar-refractivity contribution in [3.05, 3.63) is 110 Å².